The summed E-state index contributed by atoms with van der Waals surface area (Å²) in [6.07, 6.45) is 0.676. The summed E-state index contributed by atoms with van der Waals surface area (Å²) in [6.45, 7) is 1.55. The maximum absolute atomic E-state index is 13.3. The number of likely N-dealkylation sites (N-methyl/N-ethyl adjacent to an activating group) is 1. The number of benzene rings is 2. The fourth-order valence-electron chi connectivity index (χ4n) is 6.63. The monoisotopic (exact) mass is 489 g/mol. The van der Waals surface area contributed by atoms with Gasteiger partial charge in [0.15, 0.2) is 11.5 Å². The van der Waals surface area contributed by atoms with Gasteiger partial charge in [-0.25, -0.2) is 0 Å². The molecule has 4 aliphatic rings. The topological polar surface area (TPSA) is 80.7 Å². The number of carbonyl (C=O) groups is 2. The number of hydrogen-bond donors (Lipinski definition) is 0. The lowest BCUT2D eigenvalue weighted by molar-refractivity contribution is -0.141. The zero-order valence-corrected chi connectivity index (χ0v) is 20.8. The van der Waals surface area contributed by atoms with E-state index in [0.717, 1.165) is 23.3 Å². The first-order valence-corrected chi connectivity index (χ1v) is 12.6. The van der Waals surface area contributed by atoms with Crippen LogP contribution in [0.25, 0.3) is 0 Å². The fourth-order valence-corrected chi connectivity index (χ4v) is 6.63. The molecule has 2 amide bonds. The van der Waals surface area contributed by atoms with Gasteiger partial charge in [-0.2, -0.15) is 0 Å². The van der Waals surface area contributed by atoms with Crippen molar-refractivity contribution in [2.75, 3.05) is 34.3 Å². The summed E-state index contributed by atoms with van der Waals surface area (Å²) >= 11 is 0. The Kier molecular flexibility index (Phi) is 5.71. The highest BCUT2D eigenvalue weighted by molar-refractivity contribution is 6.09. The predicted molar refractivity (Wildman–Crippen MR) is 133 cm³/mol. The number of imide groups is 1. The van der Waals surface area contributed by atoms with E-state index >= 15 is 0 Å². The molecule has 6 rings (SSSR count). The molecule has 8 heteroatoms. The summed E-state index contributed by atoms with van der Waals surface area (Å²) in [7, 11) is 5.52. The van der Waals surface area contributed by atoms with E-state index in [1.807, 2.05) is 67.5 Å². The minimum atomic E-state index is -0.274. The van der Waals surface area contributed by atoms with Crippen LogP contribution in [0.5, 0.6) is 11.5 Å². The summed E-state index contributed by atoms with van der Waals surface area (Å²) < 4.78 is 11.7. The maximum atomic E-state index is 13.3. The van der Waals surface area contributed by atoms with Crippen LogP contribution in [-0.2, 0) is 21.0 Å². The van der Waals surface area contributed by atoms with Crippen molar-refractivity contribution in [3.63, 3.8) is 0 Å². The molecule has 0 spiro atoms. The van der Waals surface area contributed by atoms with Gasteiger partial charge in [0.25, 0.3) is 0 Å². The average Bonchev–Trinajstić information content (AvgIpc) is 3.63. The zero-order valence-electron chi connectivity index (χ0n) is 20.8. The Morgan fingerprint density at radius 3 is 2.47 bits per heavy atom. The molecule has 0 aromatic heterocycles. The third-order valence-corrected chi connectivity index (χ3v) is 8.25. The third kappa shape index (κ3) is 3.58. The van der Waals surface area contributed by atoms with Gasteiger partial charge in [0.05, 0.1) is 24.7 Å². The highest BCUT2D eigenvalue weighted by atomic mass is 16.6. The Labute approximate surface area is 210 Å². The first-order valence-electron chi connectivity index (χ1n) is 12.6. The lowest BCUT2D eigenvalue weighted by Gasteiger charge is -2.30. The maximum Gasteiger partial charge on any atom is 0.233 e. The van der Waals surface area contributed by atoms with Crippen molar-refractivity contribution >= 4 is 17.5 Å². The average molecular weight is 490 g/mol. The molecule has 2 aliphatic carbocycles. The van der Waals surface area contributed by atoms with Gasteiger partial charge in [0.2, 0.25) is 11.8 Å². The molecule has 8 nitrogen and oxygen atoms in total. The van der Waals surface area contributed by atoms with E-state index in [4.69, 9.17) is 14.3 Å². The fraction of sp³-hybridized carbons (Fsp3) is 0.464. The minimum Gasteiger partial charge on any atom is -0.493 e. The van der Waals surface area contributed by atoms with E-state index < -0.39 is 0 Å². The van der Waals surface area contributed by atoms with Crippen LogP contribution >= 0.6 is 0 Å². The van der Waals surface area contributed by atoms with Gasteiger partial charge in [0, 0.05) is 30.5 Å². The van der Waals surface area contributed by atoms with Crippen LogP contribution in [0, 0.1) is 29.6 Å². The summed E-state index contributed by atoms with van der Waals surface area (Å²) in [4.78, 5) is 35.9. The number of fused-ring (bicyclic) bond motifs is 8. The van der Waals surface area contributed by atoms with E-state index in [1.165, 1.54) is 4.90 Å². The highest BCUT2D eigenvalue weighted by Gasteiger charge is 2.70. The number of methoxy groups -OCH3 is 1. The molecule has 188 valence electrons. The van der Waals surface area contributed by atoms with Crippen molar-refractivity contribution in [3.05, 3.63) is 59.7 Å². The quantitative estimate of drug-likeness (QED) is 0.531. The number of rotatable bonds is 8. The molecular formula is C28H31N3O5. The van der Waals surface area contributed by atoms with Crippen LogP contribution in [0.4, 0.5) is 0 Å². The molecule has 0 unspecified atom stereocenters. The van der Waals surface area contributed by atoms with Crippen molar-refractivity contribution in [1.29, 1.82) is 0 Å². The molecule has 2 aromatic carbocycles. The number of amides is 2. The van der Waals surface area contributed by atoms with E-state index in [0.29, 0.717) is 31.2 Å². The van der Waals surface area contributed by atoms with Crippen LogP contribution in [0.15, 0.2) is 53.7 Å². The second-order valence-electron chi connectivity index (χ2n) is 10.5. The number of carbonyl (C=O) groups excluding carboxylic acids is 2. The van der Waals surface area contributed by atoms with Crippen molar-refractivity contribution < 1.29 is 23.9 Å². The molecular weight excluding hydrogens is 458 g/mol. The lowest BCUT2D eigenvalue weighted by Crippen LogP contribution is -2.41. The van der Waals surface area contributed by atoms with Crippen molar-refractivity contribution in [2.45, 2.75) is 19.1 Å². The van der Waals surface area contributed by atoms with Crippen LogP contribution in [-0.4, -0.2) is 67.7 Å². The molecule has 2 bridgehead atoms. The van der Waals surface area contributed by atoms with E-state index in [-0.39, 0.29) is 47.5 Å². The first kappa shape index (κ1) is 23.0. The SMILES string of the molecule is COc1cc(C2=NO[C@@H]3[C@@H]4C[C@@H]([C@H]5C(=O)N(CCN(C)C)C(=O)[C@@H]45)[C@H]23)ccc1OCc1ccccc1. The van der Waals surface area contributed by atoms with Gasteiger partial charge < -0.3 is 19.2 Å². The van der Waals surface area contributed by atoms with E-state index in [2.05, 4.69) is 5.16 Å². The smallest absolute Gasteiger partial charge is 0.233 e. The van der Waals surface area contributed by atoms with Gasteiger partial charge >= 0.3 is 0 Å². The molecule has 3 fully saturated rings. The second-order valence-corrected chi connectivity index (χ2v) is 10.5. The first-order chi connectivity index (χ1) is 17.5. The van der Waals surface area contributed by atoms with E-state index in [1.54, 1.807) is 7.11 Å². The molecule has 0 radical (unpaired) electrons. The number of ether oxygens (including phenoxy) is 2. The van der Waals surface area contributed by atoms with Crippen molar-refractivity contribution in [3.8, 4) is 11.5 Å². The van der Waals surface area contributed by atoms with Gasteiger partial charge in [-0.15, -0.1) is 0 Å². The van der Waals surface area contributed by atoms with Gasteiger partial charge in [-0.3, -0.25) is 14.5 Å². The van der Waals surface area contributed by atoms with Crippen LogP contribution in [0.1, 0.15) is 17.5 Å². The Morgan fingerprint density at radius 2 is 1.75 bits per heavy atom. The Hall–Kier alpha value is -3.39. The number of likely N-dealkylation sites (tertiary alicyclic amines) is 1. The molecule has 0 N–H and O–H groups in total. The standard InChI is InChI=1S/C28H31N3O5/c1-30(2)11-12-31-27(32)22-18-14-19(23(22)28(31)33)26-24(18)25(29-36-26)17-9-10-20(21(13-17)34-3)35-15-16-7-5-4-6-8-16/h4-10,13,18-19,22-24,26H,11-12,14-15H2,1-3H3/t18-,19+,22+,23-,24+,26+/m0/s1. The summed E-state index contributed by atoms with van der Waals surface area (Å²) in [6, 6.07) is 15.8. The summed E-state index contributed by atoms with van der Waals surface area (Å²) in [5, 5.41) is 4.46. The molecule has 2 aliphatic heterocycles. The molecule has 2 aromatic rings. The van der Waals surface area contributed by atoms with Crippen LogP contribution in [0.3, 0.4) is 0 Å². The number of oxime groups is 1. The molecule has 2 saturated carbocycles. The Bertz CT molecular complexity index is 1210. The van der Waals surface area contributed by atoms with Gasteiger partial charge in [-0.1, -0.05) is 35.5 Å². The van der Waals surface area contributed by atoms with Crippen LogP contribution in [0.2, 0.25) is 0 Å². The van der Waals surface area contributed by atoms with Crippen LogP contribution < -0.4 is 9.47 Å². The normalized spacial score (nSPS) is 29.9. The molecule has 36 heavy (non-hydrogen) atoms. The zero-order chi connectivity index (χ0) is 25.0. The minimum absolute atomic E-state index is 0.00240. The predicted octanol–water partition coefficient (Wildman–Crippen LogP) is 2.81. The van der Waals surface area contributed by atoms with Crippen molar-refractivity contribution in [1.82, 2.24) is 9.80 Å². The summed E-state index contributed by atoms with van der Waals surface area (Å²) in [5.41, 5.74) is 2.81. The highest BCUT2D eigenvalue weighted by Crippen LogP contribution is 2.61. The third-order valence-electron chi connectivity index (χ3n) is 8.25. The lowest BCUT2D eigenvalue weighted by atomic mass is 9.71. The number of hydrogen-bond acceptors (Lipinski definition) is 7. The molecule has 6 atom stereocenters. The van der Waals surface area contributed by atoms with E-state index in [9.17, 15) is 9.59 Å². The Balaban J connectivity index is 1.21. The second kappa shape index (κ2) is 8.92. The number of nitrogens with zero attached hydrogens (tertiary/aromatic N) is 3. The van der Waals surface area contributed by atoms with Gasteiger partial charge in [0.1, 0.15) is 12.7 Å². The Morgan fingerprint density at radius 1 is 1.00 bits per heavy atom. The largest absolute Gasteiger partial charge is 0.493 e. The molecule has 2 heterocycles. The summed E-state index contributed by atoms with van der Waals surface area (Å²) in [5.74, 6) is 0.775. The van der Waals surface area contributed by atoms with Crippen molar-refractivity contribution in [2.24, 2.45) is 34.7 Å². The molecule has 1 saturated heterocycles. The van der Waals surface area contributed by atoms with Gasteiger partial charge in [-0.05, 0) is 50.2 Å².